The fourth-order valence-corrected chi connectivity index (χ4v) is 1.49. The van der Waals surface area contributed by atoms with E-state index in [2.05, 4.69) is 4.98 Å². The monoisotopic (exact) mass is 191 g/mol. The van der Waals surface area contributed by atoms with Gasteiger partial charge >= 0.3 is 0 Å². The van der Waals surface area contributed by atoms with E-state index in [1.807, 2.05) is 29.8 Å². The van der Waals surface area contributed by atoms with E-state index in [0.29, 0.717) is 0 Å². The smallest absolute Gasteiger partial charge is 0.0955 e. The molecular weight excluding hydrogens is 178 g/mol. The van der Waals surface area contributed by atoms with Crippen molar-refractivity contribution in [3.05, 3.63) is 30.1 Å². The van der Waals surface area contributed by atoms with Gasteiger partial charge in [-0.15, -0.1) is 0 Å². The predicted octanol–water partition coefficient (Wildman–Crippen LogP) is 0.565. The molecule has 0 saturated heterocycles. The second-order valence-electron chi connectivity index (χ2n) is 3.39. The lowest BCUT2D eigenvalue weighted by molar-refractivity contribution is 0.268. The minimum Gasteiger partial charge on any atom is -0.394 e. The highest BCUT2D eigenvalue weighted by atomic mass is 16.3. The molecule has 1 aromatic carbocycles. The highest BCUT2D eigenvalue weighted by molar-refractivity contribution is 5.76. The topological polar surface area (TPSA) is 64.1 Å². The van der Waals surface area contributed by atoms with Gasteiger partial charge in [0.1, 0.15) is 0 Å². The molecule has 1 atom stereocenters. The Labute approximate surface area is 82.0 Å². The molecule has 3 N–H and O–H groups in total. The van der Waals surface area contributed by atoms with E-state index in [4.69, 9.17) is 10.8 Å². The number of rotatable bonds is 2. The molecule has 4 nitrogen and oxygen atoms in total. The molecule has 0 spiro atoms. The zero-order chi connectivity index (χ0) is 10.1. The normalized spacial score (nSPS) is 13.4. The van der Waals surface area contributed by atoms with Crippen molar-refractivity contribution in [1.29, 1.82) is 0 Å². The molecule has 0 aliphatic rings. The number of nitrogens with zero attached hydrogens (tertiary/aromatic N) is 2. The van der Waals surface area contributed by atoms with Crippen LogP contribution in [0.25, 0.3) is 11.0 Å². The maximum atomic E-state index is 8.91. The van der Waals surface area contributed by atoms with Crippen molar-refractivity contribution >= 4 is 11.0 Å². The number of aryl methyl sites for hydroxylation is 1. The van der Waals surface area contributed by atoms with Gasteiger partial charge in [0.2, 0.25) is 0 Å². The Morgan fingerprint density at radius 2 is 2.36 bits per heavy atom. The second-order valence-corrected chi connectivity index (χ2v) is 3.39. The van der Waals surface area contributed by atoms with Crippen LogP contribution in [0.3, 0.4) is 0 Å². The molecule has 14 heavy (non-hydrogen) atoms. The lowest BCUT2D eigenvalue weighted by Gasteiger charge is -2.07. The van der Waals surface area contributed by atoms with Crippen molar-refractivity contribution in [1.82, 2.24) is 9.55 Å². The summed E-state index contributed by atoms with van der Waals surface area (Å²) in [6.45, 7) is -0.0433. The summed E-state index contributed by atoms with van der Waals surface area (Å²) in [5.74, 6) is 0. The largest absolute Gasteiger partial charge is 0.394 e. The molecule has 4 heteroatoms. The third-order valence-electron chi connectivity index (χ3n) is 2.37. The molecule has 2 rings (SSSR count). The minimum atomic E-state index is -0.318. The molecule has 0 fully saturated rings. The Morgan fingerprint density at radius 1 is 1.57 bits per heavy atom. The number of imidazole rings is 1. The first-order valence-electron chi connectivity index (χ1n) is 4.50. The van der Waals surface area contributed by atoms with Gasteiger partial charge < -0.3 is 15.4 Å². The van der Waals surface area contributed by atoms with Crippen molar-refractivity contribution in [2.75, 3.05) is 6.61 Å². The van der Waals surface area contributed by atoms with Crippen molar-refractivity contribution < 1.29 is 5.11 Å². The third kappa shape index (κ3) is 1.38. The molecule has 0 bridgehead atoms. The van der Waals surface area contributed by atoms with Gasteiger partial charge in [-0.1, -0.05) is 6.07 Å². The fraction of sp³-hybridized carbons (Fsp3) is 0.300. The maximum Gasteiger partial charge on any atom is 0.0955 e. The van der Waals surface area contributed by atoms with Crippen LogP contribution in [0.1, 0.15) is 11.6 Å². The number of aromatic nitrogens is 2. The molecule has 0 radical (unpaired) electrons. The summed E-state index contributed by atoms with van der Waals surface area (Å²) in [5, 5.41) is 8.91. The Bertz CT molecular complexity index is 450. The van der Waals surface area contributed by atoms with Gasteiger partial charge in [0.15, 0.2) is 0 Å². The standard InChI is InChI=1S/C10H13N3O/c1-13-6-12-9-4-7(8(11)5-14)2-3-10(9)13/h2-4,6,8,14H,5,11H2,1H3/t8-/m0/s1. The number of hydrogen-bond acceptors (Lipinski definition) is 3. The molecule has 74 valence electrons. The first-order valence-corrected chi connectivity index (χ1v) is 4.50. The van der Waals surface area contributed by atoms with E-state index in [1.54, 1.807) is 6.33 Å². The highest BCUT2D eigenvalue weighted by Gasteiger charge is 2.06. The minimum absolute atomic E-state index is 0.0433. The quantitative estimate of drug-likeness (QED) is 0.729. The molecule has 0 amide bonds. The van der Waals surface area contributed by atoms with Crippen molar-refractivity contribution in [2.24, 2.45) is 12.8 Å². The van der Waals surface area contributed by atoms with E-state index < -0.39 is 0 Å². The Balaban J connectivity index is 2.52. The van der Waals surface area contributed by atoms with Crippen LogP contribution in [-0.2, 0) is 7.05 Å². The van der Waals surface area contributed by atoms with E-state index in [9.17, 15) is 0 Å². The summed E-state index contributed by atoms with van der Waals surface area (Å²) in [6.07, 6.45) is 1.76. The SMILES string of the molecule is Cn1cnc2cc([C@@H](N)CO)ccc21. The number of nitrogens with two attached hydrogens (primary N) is 1. The average Bonchev–Trinajstić information content (AvgIpc) is 2.59. The number of aliphatic hydroxyl groups is 1. The van der Waals surface area contributed by atoms with Gasteiger partial charge in [0, 0.05) is 7.05 Å². The number of fused-ring (bicyclic) bond motifs is 1. The van der Waals surface area contributed by atoms with Gasteiger partial charge in [-0.2, -0.15) is 0 Å². The van der Waals surface area contributed by atoms with Crippen LogP contribution in [-0.4, -0.2) is 21.3 Å². The Hall–Kier alpha value is -1.39. The molecule has 0 aliphatic carbocycles. The first kappa shape index (κ1) is 9.18. The zero-order valence-corrected chi connectivity index (χ0v) is 8.01. The molecular formula is C10H13N3O. The van der Waals surface area contributed by atoms with E-state index in [1.165, 1.54) is 0 Å². The van der Waals surface area contributed by atoms with Crippen LogP contribution in [0.15, 0.2) is 24.5 Å². The lowest BCUT2D eigenvalue weighted by Crippen LogP contribution is -2.14. The summed E-state index contributed by atoms with van der Waals surface area (Å²) in [5.41, 5.74) is 8.60. The van der Waals surface area contributed by atoms with Gasteiger partial charge in [-0.25, -0.2) is 4.98 Å². The van der Waals surface area contributed by atoms with Crippen molar-refractivity contribution in [2.45, 2.75) is 6.04 Å². The molecule has 1 heterocycles. The average molecular weight is 191 g/mol. The van der Waals surface area contributed by atoms with E-state index >= 15 is 0 Å². The van der Waals surface area contributed by atoms with Crippen LogP contribution in [0.2, 0.25) is 0 Å². The predicted molar refractivity (Wildman–Crippen MR) is 54.7 cm³/mol. The molecule has 0 saturated carbocycles. The van der Waals surface area contributed by atoms with Crippen LogP contribution in [0.5, 0.6) is 0 Å². The summed E-state index contributed by atoms with van der Waals surface area (Å²) in [6, 6.07) is 5.48. The molecule has 1 aromatic heterocycles. The van der Waals surface area contributed by atoms with Gasteiger partial charge in [0.05, 0.1) is 30.0 Å². The van der Waals surface area contributed by atoms with Crippen LogP contribution in [0.4, 0.5) is 0 Å². The third-order valence-corrected chi connectivity index (χ3v) is 2.37. The summed E-state index contributed by atoms with van der Waals surface area (Å²) in [4.78, 5) is 4.22. The number of aliphatic hydroxyl groups excluding tert-OH is 1. The molecule has 0 unspecified atom stereocenters. The van der Waals surface area contributed by atoms with Crippen LogP contribution < -0.4 is 5.73 Å². The van der Waals surface area contributed by atoms with Crippen molar-refractivity contribution in [3.63, 3.8) is 0 Å². The van der Waals surface area contributed by atoms with Crippen LogP contribution >= 0.6 is 0 Å². The van der Waals surface area contributed by atoms with Gasteiger partial charge in [0.25, 0.3) is 0 Å². The highest BCUT2D eigenvalue weighted by Crippen LogP contribution is 2.17. The maximum absolute atomic E-state index is 8.91. The summed E-state index contributed by atoms with van der Waals surface area (Å²) >= 11 is 0. The number of benzene rings is 1. The molecule has 2 aromatic rings. The molecule has 0 aliphatic heterocycles. The summed E-state index contributed by atoms with van der Waals surface area (Å²) < 4.78 is 1.95. The number of hydrogen-bond donors (Lipinski definition) is 2. The van der Waals surface area contributed by atoms with Gasteiger partial charge in [-0.05, 0) is 17.7 Å². The lowest BCUT2D eigenvalue weighted by atomic mass is 10.1. The van der Waals surface area contributed by atoms with E-state index in [0.717, 1.165) is 16.6 Å². The zero-order valence-electron chi connectivity index (χ0n) is 8.01. The van der Waals surface area contributed by atoms with Gasteiger partial charge in [-0.3, -0.25) is 0 Å². The van der Waals surface area contributed by atoms with E-state index in [-0.39, 0.29) is 12.6 Å². The second kappa shape index (κ2) is 3.40. The Kier molecular flexibility index (Phi) is 2.23. The van der Waals surface area contributed by atoms with Crippen LogP contribution in [0, 0.1) is 0 Å². The first-order chi connectivity index (χ1) is 6.72. The Morgan fingerprint density at radius 3 is 3.07 bits per heavy atom. The van der Waals surface area contributed by atoms with Crippen molar-refractivity contribution in [3.8, 4) is 0 Å². The fourth-order valence-electron chi connectivity index (χ4n) is 1.49. The summed E-state index contributed by atoms with van der Waals surface area (Å²) in [7, 11) is 1.95.